The molecule has 0 unspecified atom stereocenters. The lowest BCUT2D eigenvalue weighted by atomic mass is 10.1. The molecule has 0 bridgehead atoms. The van der Waals surface area contributed by atoms with Gasteiger partial charge >= 0.3 is 12.1 Å². The minimum atomic E-state index is -0.826. The highest BCUT2D eigenvalue weighted by Crippen LogP contribution is 2.26. The second kappa shape index (κ2) is 4.68. The second-order valence-corrected chi connectivity index (χ2v) is 3.34. The summed E-state index contributed by atoms with van der Waals surface area (Å²) >= 11 is 0. The molecule has 0 fully saturated rings. The minimum absolute atomic E-state index is 0.340. The van der Waals surface area contributed by atoms with Crippen LogP contribution >= 0.6 is 0 Å². The second-order valence-electron chi connectivity index (χ2n) is 3.34. The number of rotatable bonds is 2. The summed E-state index contributed by atoms with van der Waals surface area (Å²) < 4.78 is 0. The molecule has 0 aliphatic carbocycles. The summed E-state index contributed by atoms with van der Waals surface area (Å²) in [6.07, 6.45) is 0. The van der Waals surface area contributed by atoms with E-state index in [9.17, 15) is 9.59 Å². The molecule has 0 radical (unpaired) electrons. The molecule has 1 aromatic carbocycles. The van der Waals surface area contributed by atoms with Crippen molar-refractivity contribution in [3.8, 4) is 0 Å². The average Bonchev–Trinajstić information content (AvgIpc) is 2.27. The fraction of sp³-hybridized carbons (Fsp3) is 0.111. The van der Waals surface area contributed by atoms with E-state index in [1.54, 1.807) is 25.1 Å². The van der Waals surface area contributed by atoms with Gasteiger partial charge in [-0.05, 0) is 24.6 Å². The molecular formula is C9H14N6O2. The third-order valence-electron chi connectivity index (χ3n) is 2.27. The molecule has 4 amide bonds. The molecule has 92 valence electrons. The molecule has 0 spiro atoms. The van der Waals surface area contributed by atoms with E-state index in [1.807, 2.05) is 0 Å². The van der Waals surface area contributed by atoms with Crippen LogP contribution in [0.25, 0.3) is 0 Å². The van der Waals surface area contributed by atoms with Crippen molar-refractivity contribution < 1.29 is 9.59 Å². The standard InChI is InChI=1S/C9H14N6O2/c1-5-6(14(12)8(10)16)3-2-4-7(5)15(13)9(11)17/h2-4H,12-13H2,1H3,(H2,10,16)(H2,11,17). The molecule has 17 heavy (non-hydrogen) atoms. The summed E-state index contributed by atoms with van der Waals surface area (Å²) in [5.74, 6) is 10.9. The SMILES string of the molecule is Cc1c(N(N)C(N)=O)cccc1N(N)C(N)=O. The van der Waals surface area contributed by atoms with Gasteiger partial charge in [-0.2, -0.15) is 0 Å². The Labute approximate surface area is 97.7 Å². The molecule has 0 aliphatic rings. The van der Waals surface area contributed by atoms with Crippen LogP contribution in [0.3, 0.4) is 0 Å². The van der Waals surface area contributed by atoms with Crippen molar-refractivity contribution in [3.63, 3.8) is 0 Å². The van der Waals surface area contributed by atoms with E-state index in [2.05, 4.69) is 0 Å². The normalized spacial score (nSPS) is 9.82. The lowest BCUT2D eigenvalue weighted by Crippen LogP contribution is -2.44. The number of hydrogen-bond acceptors (Lipinski definition) is 4. The lowest BCUT2D eigenvalue weighted by molar-refractivity contribution is 0.253. The molecule has 1 rings (SSSR count). The molecule has 8 nitrogen and oxygen atoms in total. The van der Waals surface area contributed by atoms with E-state index in [0.29, 0.717) is 16.9 Å². The number of anilines is 2. The summed E-state index contributed by atoms with van der Waals surface area (Å²) in [4.78, 5) is 21.9. The predicted octanol–water partition coefficient (Wildman–Crippen LogP) is -0.487. The van der Waals surface area contributed by atoms with E-state index >= 15 is 0 Å². The smallest absolute Gasteiger partial charge is 0.333 e. The first-order chi connectivity index (χ1) is 7.86. The van der Waals surface area contributed by atoms with Gasteiger partial charge in [0.15, 0.2) is 0 Å². The monoisotopic (exact) mass is 238 g/mol. The quantitative estimate of drug-likeness (QED) is 0.313. The molecule has 8 N–H and O–H groups in total. The highest BCUT2D eigenvalue weighted by molar-refractivity contribution is 5.94. The zero-order valence-electron chi connectivity index (χ0n) is 9.25. The van der Waals surface area contributed by atoms with Gasteiger partial charge in [0.2, 0.25) is 0 Å². The Morgan fingerprint density at radius 3 is 1.65 bits per heavy atom. The van der Waals surface area contributed by atoms with Crippen molar-refractivity contribution in [2.45, 2.75) is 6.92 Å². The Morgan fingerprint density at radius 1 is 1.00 bits per heavy atom. The van der Waals surface area contributed by atoms with Crippen LogP contribution in [0.4, 0.5) is 21.0 Å². The van der Waals surface area contributed by atoms with Crippen molar-refractivity contribution in [2.75, 3.05) is 10.0 Å². The third kappa shape index (κ3) is 2.44. The van der Waals surface area contributed by atoms with Crippen molar-refractivity contribution in [1.82, 2.24) is 0 Å². The fourth-order valence-corrected chi connectivity index (χ4v) is 1.37. The summed E-state index contributed by atoms with van der Waals surface area (Å²) in [5, 5.41) is 1.52. The molecule has 0 saturated heterocycles. The van der Waals surface area contributed by atoms with Crippen LogP contribution in [-0.4, -0.2) is 12.1 Å². The van der Waals surface area contributed by atoms with Gasteiger partial charge in [-0.1, -0.05) is 6.07 Å². The Kier molecular flexibility index (Phi) is 3.51. The van der Waals surface area contributed by atoms with E-state index in [0.717, 1.165) is 10.0 Å². The fourth-order valence-electron chi connectivity index (χ4n) is 1.37. The van der Waals surface area contributed by atoms with Crippen molar-refractivity contribution in [3.05, 3.63) is 23.8 Å². The Hall–Kier alpha value is -2.32. The van der Waals surface area contributed by atoms with E-state index in [-0.39, 0.29) is 0 Å². The maximum atomic E-state index is 11.0. The summed E-state index contributed by atoms with van der Waals surface area (Å²) in [7, 11) is 0. The van der Waals surface area contributed by atoms with Crippen molar-refractivity contribution >= 4 is 23.4 Å². The highest BCUT2D eigenvalue weighted by Gasteiger charge is 2.16. The summed E-state index contributed by atoms with van der Waals surface area (Å²) in [5.41, 5.74) is 11.3. The molecule has 0 aliphatic heterocycles. The van der Waals surface area contributed by atoms with Crippen LogP contribution in [0.5, 0.6) is 0 Å². The number of carbonyl (C=O) groups excluding carboxylic acids is 2. The van der Waals surface area contributed by atoms with Gasteiger partial charge in [0.25, 0.3) is 0 Å². The molecule has 0 saturated carbocycles. The number of urea groups is 2. The predicted molar refractivity (Wildman–Crippen MR) is 63.7 cm³/mol. The highest BCUT2D eigenvalue weighted by atomic mass is 16.2. The topological polar surface area (TPSA) is 145 Å². The van der Waals surface area contributed by atoms with Crippen LogP contribution in [-0.2, 0) is 0 Å². The van der Waals surface area contributed by atoms with Crippen LogP contribution in [0.15, 0.2) is 18.2 Å². The third-order valence-corrected chi connectivity index (χ3v) is 2.27. The lowest BCUT2D eigenvalue weighted by Gasteiger charge is -2.21. The number of carbonyl (C=O) groups is 2. The molecule has 1 aromatic rings. The average molecular weight is 238 g/mol. The first kappa shape index (κ1) is 12.7. The largest absolute Gasteiger partial charge is 0.350 e. The Balaban J connectivity index is 3.25. The first-order valence-electron chi connectivity index (χ1n) is 4.64. The van der Waals surface area contributed by atoms with Crippen molar-refractivity contribution in [2.24, 2.45) is 23.2 Å². The summed E-state index contributed by atoms with van der Waals surface area (Å²) in [6.45, 7) is 1.64. The van der Waals surface area contributed by atoms with Crippen LogP contribution in [0.1, 0.15) is 5.56 Å². The zero-order chi connectivity index (χ0) is 13.2. The molecule has 0 atom stereocenters. The van der Waals surface area contributed by atoms with Gasteiger partial charge in [0.05, 0.1) is 11.4 Å². The number of nitrogens with zero attached hydrogens (tertiary/aromatic N) is 2. The number of hydrogen-bond donors (Lipinski definition) is 4. The van der Waals surface area contributed by atoms with E-state index < -0.39 is 12.1 Å². The van der Waals surface area contributed by atoms with Gasteiger partial charge in [0, 0.05) is 0 Å². The summed E-state index contributed by atoms with van der Waals surface area (Å²) in [6, 6.07) is 3.06. The van der Waals surface area contributed by atoms with Gasteiger partial charge in [-0.3, -0.25) is 0 Å². The zero-order valence-corrected chi connectivity index (χ0v) is 9.25. The van der Waals surface area contributed by atoms with E-state index in [1.165, 1.54) is 0 Å². The van der Waals surface area contributed by atoms with Gasteiger partial charge in [0.1, 0.15) is 0 Å². The van der Waals surface area contributed by atoms with Gasteiger partial charge in [-0.15, -0.1) is 0 Å². The van der Waals surface area contributed by atoms with Crippen molar-refractivity contribution in [1.29, 1.82) is 0 Å². The number of amides is 4. The van der Waals surface area contributed by atoms with Crippen LogP contribution in [0.2, 0.25) is 0 Å². The Morgan fingerprint density at radius 2 is 1.35 bits per heavy atom. The molecule has 0 aromatic heterocycles. The molecule has 0 heterocycles. The first-order valence-corrected chi connectivity index (χ1v) is 4.64. The number of hydrazine groups is 2. The van der Waals surface area contributed by atoms with Gasteiger partial charge in [-0.25, -0.2) is 31.3 Å². The van der Waals surface area contributed by atoms with Crippen LogP contribution in [0, 0.1) is 6.92 Å². The molecular weight excluding hydrogens is 224 g/mol. The number of nitrogens with two attached hydrogens (primary N) is 4. The number of primary amides is 2. The number of benzene rings is 1. The minimum Gasteiger partial charge on any atom is -0.350 e. The maximum absolute atomic E-state index is 11.0. The maximum Gasteiger partial charge on any atom is 0.333 e. The Bertz CT molecular complexity index is 423. The van der Waals surface area contributed by atoms with Crippen LogP contribution < -0.4 is 33.2 Å². The van der Waals surface area contributed by atoms with E-state index in [4.69, 9.17) is 23.2 Å². The molecule has 8 heteroatoms. The van der Waals surface area contributed by atoms with Gasteiger partial charge < -0.3 is 11.5 Å².